The smallest absolute Gasteiger partial charge is 0.244 e. The molecule has 166 valence electrons. The second kappa shape index (κ2) is 7.44. The molecule has 0 atom stereocenters. The number of aromatic hydroxyl groups is 1. The van der Waals surface area contributed by atoms with Gasteiger partial charge in [0.05, 0.1) is 27.8 Å². The monoisotopic (exact) mass is 453 g/mol. The number of fused-ring (bicyclic) bond motifs is 9. The second-order valence-corrected chi connectivity index (χ2v) is 8.78. The summed E-state index contributed by atoms with van der Waals surface area (Å²) in [6, 6.07) is 35.8. The van der Waals surface area contributed by atoms with Gasteiger partial charge in [0.15, 0.2) is 0 Å². The topological polar surface area (TPSA) is 29.0 Å². The summed E-state index contributed by atoms with van der Waals surface area (Å²) in [5.41, 5.74) is 10.1. The zero-order valence-electron chi connectivity index (χ0n) is 21.7. The van der Waals surface area contributed by atoms with E-state index in [1.807, 2.05) is 48.5 Å². The number of benzene rings is 5. The van der Waals surface area contributed by atoms with Gasteiger partial charge in [0, 0.05) is 0 Å². The maximum Gasteiger partial charge on any atom is 0.244 e. The standard InChI is InChI=1S/C32H22N2O/c1-33-20-34(29-16-8-9-17-32(29)35)31-19-28-26-15-7-5-13-24(26)22-11-3-2-10-21(22)23-12-4-6-14-25(23)27(28)18-30(31)33/h2-19,35H,1H3/i1D3. The van der Waals surface area contributed by atoms with Gasteiger partial charge in [-0.3, -0.25) is 0 Å². The lowest BCUT2D eigenvalue weighted by Crippen LogP contribution is -2.29. The molecule has 0 amide bonds. The predicted molar refractivity (Wildman–Crippen MR) is 140 cm³/mol. The van der Waals surface area contributed by atoms with Gasteiger partial charge in [0.1, 0.15) is 5.75 Å². The number of hydrogen-bond donors (Lipinski definition) is 1. The molecule has 0 saturated heterocycles. The highest BCUT2D eigenvalue weighted by atomic mass is 16.3. The first kappa shape index (κ1) is 16.9. The van der Waals surface area contributed by atoms with Gasteiger partial charge < -0.3 is 14.2 Å². The van der Waals surface area contributed by atoms with Crippen molar-refractivity contribution in [3.8, 4) is 55.9 Å². The summed E-state index contributed by atoms with van der Waals surface area (Å²) in [5, 5.41) is 10.7. The Balaban J connectivity index is 1.67. The van der Waals surface area contributed by atoms with E-state index in [-0.39, 0.29) is 5.75 Å². The highest BCUT2D eigenvalue weighted by Gasteiger charge is 2.23. The highest BCUT2D eigenvalue weighted by Crippen LogP contribution is 2.48. The van der Waals surface area contributed by atoms with Crippen molar-refractivity contribution in [2.24, 2.45) is 6.98 Å². The van der Waals surface area contributed by atoms with Crippen LogP contribution < -0.4 is 4.57 Å². The minimum absolute atomic E-state index is 0.0461. The molecule has 1 aromatic heterocycles. The van der Waals surface area contributed by atoms with Crippen molar-refractivity contribution in [3.05, 3.63) is 116 Å². The molecule has 1 aliphatic carbocycles. The normalized spacial score (nSPS) is 13.3. The lowest BCUT2D eigenvalue weighted by atomic mass is 9.81. The quantitative estimate of drug-likeness (QED) is 0.212. The fraction of sp³-hybridized carbons (Fsp3) is 0.0312. The van der Waals surface area contributed by atoms with Crippen LogP contribution in [0.15, 0.2) is 109 Å². The number of para-hydroxylation sites is 2. The van der Waals surface area contributed by atoms with E-state index in [2.05, 4.69) is 48.8 Å². The maximum atomic E-state index is 10.7. The van der Waals surface area contributed by atoms with Gasteiger partial charge >= 0.3 is 0 Å². The first-order valence-corrected chi connectivity index (χ1v) is 11.5. The summed E-state index contributed by atoms with van der Waals surface area (Å²) in [7, 11) is 0. The van der Waals surface area contributed by atoms with Crippen LogP contribution in [-0.4, -0.2) is 9.67 Å². The Kier molecular flexibility index (Phi) is 3.59. The van der Waals surface area contributed by atoms with Crippen LogP contribution >= 0.6 is 0 Å². The van der Waals surface area contributed by atoms with E-state index in [0.29, 0.717) is 16.7 Å². The molecule has 1 N–H and O–H groups in total. The Morgan fingerprint density at radius 1 is 0.629 bits per heavy atom. The average Bonchev–Trinajstić information content (AvgIpc) is 3.31. The van der Waals surface area contributed by atoms with E-state index in [1.165, 1.54) is 4.57 Å². The lowest BCUT2D eigenvalue weighted by Gasteiger charge is -2.23. The number of phenolic OH excluding ortho intramolecular Hbond substituents is 1. The van der Waals surface area contributed by atoms with Crippen LogP contribution in [0.3, 0.4) is 0 Å². The van der Waals surface area contributed by atoms with E-state index in [1.54, 1.807) is 22.8 Å². The van der Waals surface area contributed by atoms with Gasteiger partial charge in [-0.05, 0) is 50.6 Å². The Labute approximate surface area is 208 Å². The molecule has 3 heteroatoms. The molecule has 3 nitrogen and oxygen atoms in total. The Morgan fingerprint density at radius 2 is 1.09 bits per heavy atom. The summed E-state index contributed by atoms with van der Waals surface area (Å²) >= 11 is 0. The van der Waals surface area contributed by atoms with Crippen LogP contribution in [-0.2, 0) is 6.98 Å². The Hall–Kier alpha value is -4.63. The second-order valence-electron chi connectivity index (χ2n) is 8.78. The van der Waals surface area contributed by atoms with Gasteiger partial charge in [-0.1, -0.05) is 103 Å². The summed E-state index contributed by atoms with van der Waals surface area (Å²) in [6.45, 7) is -2.46. The largest absolute Gasteiger partial charge is 0.513 e. The molecule has 0 aliphatic heterocycles. The number of hydrogen-bond acceptors (Lipinski definition) is 1. The number of aromatic nitrogens is 2. The van der Waals surface area contributed by atoms with E-state index >= 15 is 0 Å². The third-order valence-electron chi connectivity index (χ3n) is 6.86. The number of rotatable bonds is 1. The number of phenols is 1. The van der Waals surface area contributed by atoms with Crippen molar-refractivity contribution < 1.29 is 13.8 Å². The fourth-order valence-electron chi connectivity index (χ4n) is 5.28. The SMILES string of the molecule is [2H]C([2H])([2H])n1[c-][n+](-c2ccccc2O)c2cc3c(cc21)-c1ccccc1-c1ccccc1-c1ccccc1-3. The maximum absolute atomic E-state index is 10.7. The number of imidazole rings is 1. The summed E-state index contributed by atoms with van der Waals surface area (Å²) in [6.07, 6.45) is 3.02. The molecule has 1 heterocycles. The molecule has 0 unspecified atom stereocenters. The molecule has 0 bridgehead atoms. The molecule has 1 aliphatic rings. The average molecular weight is 454 g/mol. The molecule has 0 fully saturated rings. The van der Waals surface area contributed by atoms with E-state index in [0.717, 1.165) is 44.5 Å². The molecule has 6 aromatic rings. The van der Waals surface area contributed by atoms with E-state index < -0.39 is 6.98 Å². The summed E-state index contributed by atoms with van der Waals surface area (Å²) in [4.78, 5) is 0. The van der Waals surface area contributed by atoms with Crippen molar-refractivity contribution >= 4 is 11.0 Å². The predicted octanol–water partition coefficient (Wildman–Crippen LogP) is 6.94. The van der Waals surface area contributed by atoms with Crippen LogP contribution in [0, 0.1) is 6.33 Å². The third kappa shape index (κ3) is 2.88. The first-order chi connectivity index (χ1) is 18.4. The van der Waals surface area contributed by atoms with Gasteiger partial charge in [-0.2, -0.15) is 0 Å². The van der Waals surface area contributed by atoms with Gasteiger partial charge in [0.2, 0.25) is 6.33 Å². The summed E-state index contributed by atoms with van der Waals surface area (Å²) < 4.78 is 27.6. The van der Waals surface area contributed by atoms with Crippen LogP contribution in [0.4, 0.5) is 0 Å². The van der Waals surface area contributed by atoms with E-state index in [4.69, 9.17) is 4.11 Å². The van der Waals surface area contributed by atoms with Crippen LogP contribution in [0.2, 0.25) is 0 Å². The first-order valence-electron chi connectivity index (χ1n) is 13.0. The third-order valence-corrected chi connectivity index (χ3v) is 6.86. The van der Waals surface area contributed by atoms with Crippen LogP contribution in [0.1, 0.15) is 4.11 Å². The fourth-order valence-corrected chi connectivity index (χ4v) is 5.28. The molecular weight excluding hydrogens is 428 g/mol. The minimum Gasteiger partial charge on any atom is -0.513 e. The minimum atomic E-state index is -2.46. The molecule has 0 saturated carbocycles. The highest BCUT2D eigenvalue weighted by molar-refractivity contribution is 6.05. The molecule has 7 rings (SSSR count). The van der Waals surface area contributed by atoms with E-state index in [9.17, 15) is 5.11 Å². The number of aryl methyl sites for hydroxylation is 1. The van der Waals surface area contributed by atoms with Crippen LogP contribution in [0.25, 0.3) is 61.2 Å². The van der Waals surface area contributed by atoms with Crippen molar-refractivity contribution in [1.29, 1.82) is 0 Å². The molecular formula is C32H22N2O. The van der Waals surface area contributed by atoms with Crippen molar-refractivity contribution in [3.63, 3.8) is 0 Å². The molecule has 35 heavy (non-hydrogen) atoms. The van der Waals surface area contributed by atoms with Crippen molar-refractivity contribution in [2.45, 2.75) is 0 Å². The summed E-state index contributed by atoms with van der Waals surface area (Å²) in [5.74, 6) is 0.0461. The molecule has 0 spiro atoms. The van der Waals surface area contributed by atoms with Crippen molar-refractivity contribution in [2.75, 3.05) is 0 Å². The molecule has 5 aromatic carbocycles. The Morgan fingerprint density at radius 3 is 1.60 bits per heavy atom. The van der Waals surface area contributed by atoms with Crippen LogP contribution in [0.5, 0.6) is 5.75 Å². The zero-order valence-corrected chi connectivity index (χ0v) is 18.7. The molecule has 0 radical (unpaired) electrons. The van der Waals surface area contributed by atoms with Gasteiger partial charge in [-0.25, -0.2) is 0 Å². The van der Waals surface area contributed by atoms with Gasteiger partial charge in [-0.15, -0.1) is 0 Å². The van der Waals surface area contributed by atoms with Gasteiger partial charge in [0.25, 0.3) is 0 Å². The number of nitrogens with zero attached hydrogens (tertiary/aromatic N) is 2. The van der Waals surface area contributed by atoms with Crippen molar-refractivity contribution in [1.82, 2.24) is 4.57 Å². The lowest BCUT2D eigenvalue weighted by molar-refractivity contribution is -0.573. The Bertz CT molecular complexity index is 1880. The zero-order chi connectivity index (χ0) is 26.0.